The molecule has 26 heavy (non-hydrogen) atoms. The Balaban J connectivity index is 1.98. The molecule has 0 aliphatic heterocycles. The Kier molecular flexibility index (Phi) is 7.65. The minimum absolute atomic E-state index is 0.0978. The average molecular weight is 395 g/mol. The van der Waals surface area contributed by atoms with Crippen LogP contribution >= 0.6 is 11.8 Å². The number of aliphatic hydroxyl groups excluding tert-OH is 1. The van der Waals surface area contributed by atoms with Crippen molar-refractivity contribution >= 4 is 27.7 Å². The first-order valence-corrected chi connectivity index (χ1v) is 10.5. The smallest absolute Gasteiger partial charge is 0.243 e. The normalized spacial score (nSPS) is 11.5. The van der Waals surface area contributed by atoms with E-state index < -0.39 is 10.0 Å². The van der Waals surface area contributed by atoms with Crippen molar-refractivity contribution in [2.75, 3.05) is 26.0 Å². The molecule has 0 atom stereocenters. The summed E-state index contributed by atoms with van der Waals surface area (Å²) in [4.78, 5) is 12.5. The van der Waals surface area contributed by atoms with Crippen LogP contribution in [0, 0.1) is 0 Å². The predicted molar refractivity (Wildman–Crippen MR) is 102 cm³/mol. The standard InChI is InChI=1S/C18H22N2O4S2/c1-20(13-15-5-3-2-4-6-15)26(23,24)17-9-7-16(8-10-17)25-14-18(22)19-11-12-21/h2-10,21H,11-14H2,1H3,(H,19,22). The maximum Gasteiger partial charge on any atom is 0.243 e. The van der Waals surface area contributed by atoms with Gasteiger partial charge in [0.1, 0.15) is 0 Å². The van der Waals surface area contributed by atoms with Gasteiger partial charge in [-0.05, 0) is 29.8 Å². The van der Waals surface area contributed by atoms with E-state index >= 15 is 0 Å². The van der Waals surface area contributed by atoms with E-state index in [0.717, 1.165) is 10.5 Å². The number of carbonyl (C=O) groups is 1. The zero-order chi connectivity index (χ0) is 19.0. The van der Waals surface area contributed by atoms with Crippen LogP contribution in [0.4, 0.5) is 0 Å². The van der Waals surface area contributed by atoms with Crippen molar-refractivity contribution in [2.24, 2.45) is 0 Å². The highest BCUT2D eigenvalue weighted by molar-refractivity contribution is 8.00. The summed E-state index contributed by atoms with van der Waals surface area (Å²) >= 11 is 1.31. The molecule has 0 bridgehead atoms. The van der Waals surface area contributed by atoms with Gasteiger partial charge < -0.3 is 10.4 Å². The van der Waals surface area contributed by atoms with Gasteiger partial charge in [-0.1, -0.05) is 30.3 Å². The molecule has 0 saturated heterocycles. The summed E-state index contributed by atoms with van der Waals surface area (Å²) in [6, 6.07) is 15.9. The summed E-state index contributed by atoms with van der Waals surface area (Å²) < 4.78 is 26.6. The molecular weight excluding hydrogens is 372 g/mol. The molecule has 2 rings (SSSR count). The van der Waals surface area contributed by atoms with E-state index in [1.54, 1.807) is 31.3 Å². The Hall–Kier alpha value is -1.87. The van der Waals surface area contributed by atoms with Gasteiger partial charge in [-0.2, -0.15) is 4.31 Å². The molecule has 0 unspecified atom stereocenters. The van der Waals surface area contributed by atoms with Crippen molar-refractivity contribution in [1.82, 2.24) is 9.62 Å². The van der Waals surface area contributed by atoms with Crippen molar-refractivity contribution in [3.63, 3.8) is 0 Å². The number of amides is 1. The lowest BCUT2D eigenvalue weighted by Crippen LogP contribution is -2.27. The van der Waals surface area contributed by atoms with Crippen LogP contribution < -0.4 is 5.32 Å². The lowest BCUT2D eigenvalue weighted by molar-refractivity contribution is -0.118. The lowest BCUT2D eigenvalue weighted by atomic mass is 10.2. The first-order valence-electron chi connectivity index (χ1n) is 8.04. The fourth-order valence-electron chi connectivity index (χ4n) is 2.21. The van der Waals surface area contributed by atoms with Crippen molar-refractivity contribution in [1.29, 1.82) is 0 Å². The van der Waals surface area contributed by atoms with Gasteiger partial charge in [0, 0.05) is 25.0 Å². The third-order valence-corrected chi connectivity index (χ3v) is 6.41. The van der Waals surface area contributed by atoms with Crippen LogP contribution in [0.1, 0.15) is 5.56 Å². The Bertz CT molecular complexity index is 809. The minimum Gasteiger partial charge on any atom is -0.395 e. The van der Waals surface area contributed by atoms with E-state index in [1.807, 2.05) is 30.3 Å². The number of benzene rings is 2. The number of sulfonamides is 1. The predicted octanol–water partition coefficient (Wildman–Crippen LogP) is 1.71. The Morgan fingerprint density at radius 2 is 1.77 bits per heavy atom. The SMILES string of the molecule is CN(Cc1ccccc1)S(=O)(=O)c1ccc(SCC(=O)NCCO)cc1. The molecule has 2 aromatic carbocycles. The zero-order valence-electron chi connectivity index (χ0n) is 14.5. The molecule has 1 amide bonds. The number of hydrogen-bond acceptors (Lipinski definition) is 5. The number of aliphatic hydroxyl groups is 1. The summed E-state index contributed by atoms with van der Waals surface area (Å²) in [5, 5.41) is 11.2. The van der Waals surface area contributed by atoms with Gasteiger partial charge >= 0.3 is 0 Å². The second-order valence-electron chi connectivity index (χ2n) is 5.58. The number of carbonyl (C=O) groups excluding carboxylic acids is 1. The van der Waals surface area contributed by atoms with Gasteiger partial charge in [-0.3, -0.25) is 4.79 Å². The summed E-state index contributed by atoms with van der Waals surface area (Å²) in [7, 11) is -2.03. The highest BCUT2D eigenvalue weighted by atomic mass is 32.2. The molecule has 2 aromatic rings. The van der Waals surface area contributed by atoms with Crippen LogP contribution in [0.5, 0.6) is 0 Å². The molecule has 0 saturated carbocycles. The summed E-state index contributed by atoms with van der Waals surface area (Å²) in [6.07, 6.45) is 0. The Morgan fingerprint density at radius 1 is 1.12 bits per heavy atom. The second-order valence-corrected chi connectivity index (χ2v) is 8.67. The van der Waals surface area contributed by atoms with Crippen LogP contribution in [-0.2, 0) is 21.4 Å². The highest BCUT2D eigenvalue weighted by Gasteiger charge is 2.20. The highest BCUT2D eigenvalue weighted by Crippen LogP contribution is 2.22. The van der Waals surface area contributed by atoms with Crippen LogP contribution in [0.3, 0.4) is 0 Å². The zero-order valence-corrected chi connectivity index (χ0v) is 16.1. The topological polar surface area (TPSA) is 86.7 Å². The third kappa shape index (κ3) is 5.84. The monoisotopic (exact) mass is 394 g/mol. The minimum atomic E-state index is -3.58. The van der Waals surface area contributed by atoms with E-state index in [1.165, 1.54) is 16.1 Å². The first-order chi connectivity index (χ1) is 12.4. The molecule has 0 fully saturated rings. The lowest BCUT2D eigenvalue weighted by Gasteiger charge is -2.17. The number of hydrogen-bond donors (Lipinski definition) is 2. The number of thioether (sulfide) groups is 1. The van der Waals surface area contributed by atoms with E-state index in [9.17, 15) is 13.2 Å². The molecule has 8 heteroatoms. The molecule has 140 valence electrons. The average Bonchev–Trinajstić information content (AvgIpc) is 2.65. The van der Waals surface area contributed by atoms with Gasteiger partial charge in [0.2, 0.25) is 15.9 Å². The van der Waals surface area contributed by atoms with Gasteiger partial charge in [0.05, 0.1) is 17.3 Å². The molecule has 0 aliphatic rings. The largest absolute Gasteiger partial charge is 0.395 e. The Morgan fingerprint density at radius 3 is 2.38 bits per heavy atom. The molecule has 6 nitrogen and oxygen atoms in total. The molecule has 0 aromatic heterocycles. The van der Waals surface area contributed by atoms with E-state index in [0.29, 0.717) is 6.54 Å². The van der Waals surface area contributed by atoms with Crippen molar-refractivity contribution in [3.8, 4) is 0 Å². The second kappa shape index (κ2) is 9.72. The van der Waals surface area contributed by atoms with Crippen molar-refractivity contribution < 1.29 is 18.3 Å². The summed E-state index contributed by atoms with van der Waals surface area (Å²) in [5.74, 6) is 0.0309. The van der Waals surface area contributed by atoms with Gasteiger partial charge in [-0.25, -0.2) is 8.42 Å². The molecule has 0 radical (unpaired) electrons. The molecule has 0 aliphatic carbocycles. The third-order valence-electron chi connectivity index (χ3n) is 3.58. The van der Waals surface area contributed by atoms with Crippen LogP contribution in [-0.4, -0.2) is 49.7 Å². The maximum absolute atomic E-state index is 12.7. The maximum atomic E-state index is 12.7. The van der Waals surface area contributed by atoms with Crippen molar-refractivity contribution in [3.05, 3.63) is 60.2 Å². The molecular formula is C18H22N2O4S2. The van der Waals surface area contributed by atoms with E-state index in [2.05, 4.69) is 5.32 Å². The summed E-state index contributed by atoms with van der Waals surface area (Å²) in [6.45, 7) is 0.425. The fourth-order valence-corrected chi connectivity index (χ4v) is 4.10. The van der Waals surface area contributed by atoms with Gasteiger partial charge in [0.15, 0.2) is 0 Å². The molecule has 2 N–H and O–H groups in total. The number of rotatable bonds is 9. The van der Waals surface area contributed by atoms with Crippen molar-refractivity contribution in [2.45, 2.75) is 16.3 Å². The van der Waals surface area contributed by atoms with Gasteiger partial charge in [-0.15, -0.1) is 11.8 Å². The fraction of sp³-hybridized carbons (Fsp3) is 0.278. The quantitative estimate of drug-likeness (QED) is 0.633. The summed E-state index contributed by atoms with van der Waals surface area (Å²) in [5.41, 5.74) is 0.916. The van der Waals surface area contributed by atoms with Gasteiger partial charge in [0.25, 0.3) is 0 Å². The first kappa shape index (κ1) is 20.4. The van der Waals surface area contributed by atoms with Crippen LogP contribution in [0.15, 0.2) is 64.4 Å². The Labute approximate surface area is 158 Å². The van der Waals surface area contributed by atoms with E-state index in [-0.39, 0.29) is 29.7 Å². The van der Waals surface area contributed by atoms with E-state index in [4.69, 9.17) is 5.11 Å². The number of nitrogens with one attached hydrogen (secondary N) is 1. The molecule has 0 heterocycles. The van der Waals surface area contributed by atoms with Crippen LogP contribution in [0.2, 0.25) is 0 Å². The number of nitrogens with zero attached hydrogens (tertiary/aromatic N) is 1. The van der Waals surface area contributed by atoms with Crippen LogP contribution in [0.25, 0.3) is 0 Å². The molecule has 0 spiro atoms.